The molecule has 1 aliphatic rings. The maximum absolute atomic E-state index is 11.9. The van der Waals surface area contributed by atoms with E-state index in [9.17, 15) is 4.79 Å². The maximum atomic E-state index is 11.9. The van der Waals surface area contributed by atoms with Crippen molar-refractivity contribution in [3.63, 3.8) is 0 Å². The van der Waals surface area contributed by atoms with Crippen molar-refractivity contribution in [2.45, 2.75) is 45.1 Å². The van der Waals surface area contributed by atoms with Gasteiger partial charge in [0.2, 0.25) is 5.91 Å². The topological polar surface area (TPSA) is 62.2 Å². The third-order valence-electron chi connectivity index (χ3n) is 3.47. The van der Waals surface area contributed by atoms with Crippen molar-refractivity contribution >= 4 is 11.7 Å². The zero-order chi connectivity index (χ0) is 12.8. The number of pyridine rings is 1. The van der Waals surface area contributed by atoms with Crippen LogP contribution < -0.4 is 5.32 Å². The molecule has 0 aromatic carbocycles. The molecular formula is C14H20N2O2. The van der Waals surface area contributed by atoms with Gasteiger partial charge in [0.05, 0.1) is 6.61 Å². The van der Waals surface area contributed by atoms with Gasteiger partial charge in [-0.2, -0.15) is 0 Å². The van der Waals surface area contributed by atoms with Crippen LogP contribution in [0.3, 0.4) is 0 Å². The van der Waals surface area contributed by atoms with Crippen LogP contribution in [0.15, 0.2) is 18.3 Å². The van der Waals surface area contributed by atoms with Crippen LogP contribution in [-0.4, -0.2) is 16.0 Å². The smallest absolute Gasteiger partial charge is 0.225 e. The SMILES string of the molecule is O=C(CC1CCCCC1)Nc1cc(CO)ccn1. The Balaban J connectivity index is 1.85. The van der Waals surface area contributed by atoms with Gasteiger partial charge in [-0.1, -0.05) is 19.3 Å². The fourth-order valence-corrected chi connectivity index (χ4v) is 2.49. The van der Waals surface area contributed by atoms with Gasteiger partial charge < -0.3 is 10.4 Å². The lowest BCUT2D eigenvalue weighted by Crippen LogP contribution is -2.18. The molecule has 4 heteroatoms. The Morgan fingerprint density at radius 2 is 2.17 bits per heavy atom. The van der Waals surface area contributed by atoms with Crippen molar-refractivity contribution in [2.24, 2.45) is 5.92 Å². The maximum Gasteiger partial charge on any atom is 0.225 e. The van der Waals surface area contributed by atoms with Gasteiger partial charge in [-0.25, -0.2) is 4.98 Å². The number of amides is 1. The number of aromatic nitrogens is 1. The highest BCUT2D eigenvalue weighted by atomic mass is 16.3. The number of rotatable bonds is 4. The number of anilines is 1. The molecule has 1 fully saturated rings. The molecule has 1 aromatic rings. The first-order valence-electron chi connectivity index (χ1n) is 6.63. The average molecular weight is 248 g/mol. The van der Waals surface area contributed by atoms with Crippen LogP contribution in [0, 0.1) is 5.92 Å². The van der Waals surface area contributed by atoms with Crippen molar-refractivity contribution in [1.29, 1.82) is 0 Å². The Hall–Kier alpha value is -1.42. The van der Waals surface area contributed by atoms with Crippen molar-refractivity contribution in [3.05, 3.63) is 23.9 Å². The lowest BCUT2D eigenvalue weighted by molar-refractivity contribution is -0.117. The molecule has 0 bridgehead atoms. The second-order valence-corrected chi connectivity index (χ2v) is 4.96. The molecule has 2 rings (SSSR count). The Morgan fingerprint density at radius 3 is 2.89 bits per heavy atom. The molecule has 1 heterocycles. The molecule has 0 saturated heterocycles. The molecule has 1 aromatic heterocycles. The molecule has 0 radical (unpaired) electrons. The van der Waals surface area contributed by atoms with E-state index >= 15 is 0 Å². The fourth-order valence-electron chi connectivity index (χ4n) is 2.49. The normalized spacial score (nSPS) is 16.5. The number of carbonyl (C=O) groups excluding carboxylic acids is 1. The number of aliphatic hydroxyl groups is 1. The second-order valence-electron chi connectivity index (χ2n) is 4.96. The van der Waals surface area contributed by atoms with Gasteiger partial charge >= 0.3 is 0 Å². The Bertz CT molecular complexity index is 401. The van der Waals surface area contributed by atoms with Gasteiger partial charge in [0, 0.05) is 12.6 Å². The summed E-state index contributed by atoms with van der Waals surface area (Å²) in [5.74, 6) is 1.09. The van der Waals surface area contributed by atoms with E-state index in [1.54, 1.807) is 18.3 Å². The van der Waals surface area contributed by atoms with Gasteiger partial charge in [-0.15, -0.1) is 0 Å². The molecule has 4 nitrogen and oxygen atoms in total. The van der Waals surface area contributed by atoms with Crippen LogP contribution >= 0.6 is 0 Å². The summed E-state index contributed by atoms with van der Waals surface area (Å²) in [6, 6.07) is 3.44. The minimum absolute atomic E-state index is 0.0319. The zero-order valence-corrected chi connectivity index (χ0v) is 10.6. The minimum atomic E-state index is -0.0337. The standard InChI is InChI=1S/C14H20N2O2/c17-10-12-6-7-15-13(8-12)16-14(18)9-11-4-2-1-3-5-11/h6-8,11,17H,1-5,9-10H2,(H,15,16,18). The third kappa shape index (κ3) is 3.81. The largest absolute Gasteiger partial charge is 0.392 e. The van der Waals surface area contributed by atoms with E-state index in [0.29, 0.717) is 18.2 Å². The van der Waals surface area contributed by atoms with Gasteiger partial charge in [0.15, 0.2) is 0 Å². The van der Waals surface area contributed by atoms with Crippen molar-refractivity contribution < 1.29 is 9.90 Å². The summed E-state index contributed by atoms with van der Waals surface area (Å²) >= 11 is 0. The lowest BCUT2D eigenvalue weighted by atomic mass is 9.87. The number of aliphatic hydroxyl groups excluding tert-OH is 1. The Labute approximate surface area is 107 Å². The first kappa shape index (κ1) is 13.0. The highest BCUT2D eigenvalue weighted by Gasteiger charge is 2.17. The summed E-state index contributed by atoms with van der Waals surface area (Å²) in [6.07, 6.45) is 8.31. The molecule has 0 aliphatic heterocycles. The summed E-state index contributed by atoms with van der Waals surface area (Å²) < 4.78 is 0. The number of nitrogens with zero attached hydrogens (tertiary/aromatic N) is 1. The van der Waals surface area contributed by atoms with Crippen LogP contribution in [0.1, 0.15) is 44.1 Å². The number of hydrogen-bond donors (Lipinski definition) is 2. The van der Waals surface area contributed by atoms with Crippen molar-refractivity contribution in [1.82, 2.24) is 4.98 Å². The van der Waals surface area contributed by atoms with Crippen molar-refractivity contribution in [2.75, 3.05) is 5.32 Å². The highest BCUT2D eigenvalue weighted by molar-refractivity contribution is 5.89. The molecule has 98 valence electrons. The van der Waals surface area contributed by atoms with E-state index in [1.165, 1.54) is 19.3 Å². The van der Waals surface area contributed by atoms with E-state index < -0.39 is 0 Å². The lowest BCUT2D eigenvalue weighted by Gasteiger charge is -2.20. The van der Waals surface area contributed by atoms with Crippen LogP contribution in [0.25, 0.3) is 0 Å². The number of hydrogen-bond acceptors (Lipinski definition) is 3. The van der Waals surface area contributed by atoms with E-state index in [-0.39, 0.29) is 12.5 Å². The second kappa shape index (κ2) is 6.50. The minimum Gasteiger partial charge on any atom is -0.392 e. The molecular weight excluding hydrogens is 228 g/mol. The van der Waals surface area contributed by atoms with E-state index in [0.717, 1.165) is 18.4 Å². The zero-order valence-electron chi connectivity index (χ0n) is 10.6. The van der Waals surface area contributed by atoms with Gasteiger partial charge in [0.1, 0.15) is 5.82 Å². The number of nitrogens with one attached hydrogen (secondary N) is 1. The molecule has 18 heavy (non-hydrogen) atoms. The van der Waals surface area contributed by atoms with Crippen LogP contribution in [0.4, 0.5) is 5.82 Å². The predicted octanol–water partition coefficient (Wildman–Crippen LogP) is 2.48. The monoisotopic (exact) mass is 248 g/mol. The summed E-state index contributed by atoms with van der Waals surface area (Å²) in [5, 5.41) is 11.8. The van der Waals surface area contributed by atoms with Gasteiger partial charge in [-0.3, -0.25) is 4.79 Å². The molecule has 2 N–H and O–H groups in total. The van der Waals surface area contributed by atoms with Gasteiger partial charge in [-0.05, 0) is 36.5 Å². The molecule has 0 spiro atoms. The van der Waals surface area contributed by atoms with Crippen LogP contribution in [0.2, 0.25) is 0 Å². The summed E-state index contributed by atoms with van der Waals surface area (Å²) in [5.41, 5.74) is 0.762. The molecule has 0 unspecified atom stereocenters. The van der Waals surface area contributed by atoms with E-state index in [2.05, 4.69) is 10.3 Å². The van der Waals surface area contributed by atoms with Crippen LogP contribution in [0.5, 0.6) is 0 Å². The highest BCUT2D eigenvalue weighted by Crippen LogP contribution is 2.26. The Kier molecular flexibility index (Phi) is 4.70. The van der Waals surface area contributed by atoms with E-state index in [1.807, 2.05) is 0 Å². The number of carbonyl (C=O) groups is 1. The molecule has 1 saturated carbocycles. The fraction of sp³-hybridized carbons (Fsp3) is 0.571. The first-order chi connectivity index (χ1) is 8.78. The first-order valence-corrected chi connectivity index (χ1v) is 6.63. The van der Waals surface area contributed by atoms with Crippen molar-refractivity contribution in [3.8, 4) is 0 Å². The van der Waals surface area contributed by atoms with Gasteiger partial charge in [0.25, 0.3) is 0 Å². The summed E-state index contributed by atoms with van der Waals surface area (Å²) in [7, 11) is 0. The Morgan fingerprint density at radius 1 is 1.39 bits per heavy atom. The molecule has 0 atom stereocenters. The quantitative estimate of drug-likeness (QED) is 0.860. The van der Waals surface area contributed by atoms with E-state index in [4.69, 9.17) is 5.11 Å². The summed E-state index contributed by atoms with van der Waals surface area (Å²) in [4.78, 5) is 15.9. The molecule has 1 amide bonds. The summed E-state index contributed by atoms with van der Waals surface area (Å²) in [6.45, 7) is -0.0337. The predicted molar refractivity (Wildman–Crippen MR) is 70.0 cm³/mol. The van der Waals surface area contributed by atoms with Crippen LogP contribution in [-0.2, 0) is 11.4 Å². The molecule has 1 aliphatic carbocycles. The third-order valence-corrected chi connectivity index (χ3v) is 3.47. The average Bonchev–Trinajstić information content (AvgIpc) is 2.40.